The van der Waals surface area contributed by atoms with Gasteiger partial charge in [-0.25, -0.2) is 9.97 Å². The maximum Gasteiger partial charge on any atom is 0.271 e. The Morgan fingerprint density at radius 3 is 2.76 bits per heavy atom. The van der Waals surface area contributed by atoms with Gasteiger partial charge < -0.3 is 5.32 Å². The average Bonchev–Trinajstić information content (AvgIpc) is 3.15. The Kier molecular flexibility index (Phi) is 4.70. The first kappa shape index (κ1) is 16.1. The summed E-state index contributed by atoms with van der Waals surface area (Å²) in [4.78, 5) is 25.7. The zero-order valence-corrected chi connectivity index (χ0v) is 14.8. The van der Waals surface area contributed by atoms with Crippen LogP contribution in [-0.2, 0) is 6.54 Å². The predicted octanol–water partition coefficient (Wildman–Crippen LogP) is 4.06. The first-order valence-electron chi connectivity index (χ1n) is 8.74. The molecule has 4 rings (SSSR count). The summed E-state index contributed by atoms with van der Waals surface area (Å²) < 4.78 is 0. The van der Waals surface area contributed by atoms with E-state index >= 15 is 0 Å². The predicted molar refractivity (Wildman–Crippen MR) is 98.6 cm³/mol. The molecule has 0 unspecified atom stereocenters. The molecule has 1 aliphatic rings. The number of hydrogen-bond donors (Lipinski definition) is 1. The standard InChI is InChI=1S/C19H20N4OS/c24-19(16-10-20-14-8-4-5-9-15(14)22-16)21-11-18-23-17(12-25-18)13-6-2-1-3-7-13/h4-5,8-10,12-13H,1-3,6-7,11H2,(H,21,24). The quantitative estimate of drug-likeness (QED) is 0.769. The third-order valence-corrected chi connectivity index (χ3v) is 5.54. The minimum absolute atomic E-state index is 0.215. The molecule has 1 amide bonds. The molecule has 0 spiro atoms. The Bertz CT molecular complexity index is 886. The molecule has 3 aromatic rings. The van der Waals surface area contributed by atoms with E-state index in [9.17, 15) is 4.79 Å². The molecule has 1 N–H and O–H groups in total. The average molecular weight is 352 g/mol. The number of nitrogens with one attached hydrogen (secondary N) is 1. The van der Waals surface area contributed by atoms with Crippen LogP contribution in [0.1, 0.15) is 59.2 Å². The van der Waals surface area contributed by atoms with Crippen molar-refractivity contribution in [3.05, 3.63) is 52.2 Å². The third kappa shape index (κ3) is 3.69. The van der Waals surface area contributed by atoms with Crippen LogP contribution in [0.5, 0.6) is 0 Å². The number of benzene rings is 1. The molecule has 1 aliphatic carbocycles. The van der Waals surface area contributed by atoms with Gasteiger partial charge >= 0.3 is 0 Å². The maximum absolute atomic E-state index is 12.3. The molecule has 0 atom stereocenters. The number of carbonyl (C=O) groups is 1. The number of fused-ring (bicyclic) bond motifs is 1. The summed E-state index contributed by atoms with van der Waals surface area (Å²) >= 11 is 1.62. The van der Waals surface area contributed by atoms with E-state index in [2.05, 4.69) is 20.7 Å². The van der Waals surface area contributed by atoms with Gasteiger partial charge in [0.2, 0.25) is 0 Å². The molecule has 2 aromatic heterocycles. The molecule has 1 aromatic carbocycles. The lowest BCUT2D eigenvalue weighted by molar-refractivity contribution is 0.0946. The number of carbonyl (C=O) groups excluding carboxylic acids is 1. The fourth-order valence-electron chi connectivity index (χ4n) is 3.31. The van der Waals surface area contributed by atoms with Crippen LogP contribution in [-0.4, -0.2) is 20.9 Å². The second-order valence-electron chi connectivity index (χ2n) is 6.43. The number of hydrogen-bond acceptors (Lipinski definition) is 5. The molecule has 0 aliphatic heterocycles. The molecule has 25 heavy (non-hydrogen) atoms. The van der Waals surface area contributed by atoms with E-state index in [4.69, 9.17) is 4.98 Å². The van der Waals surface area contributed by atoms with Crippen molar-refractivity contribution in [2.75, 3.05) is 0 Å². The monoisotopic (exact) mass is 352 g/mol. The lowest BCUT2D eigenvalue weighted by Crippen LogP contribution is -2.24. The number of amides is 1. The van der Waals surface area contributed by atoms with E-state index in [-0.39, 0.29) is 5.91 Å². The van der Waals surface area contributed by atoms with Crippen LogP contribution in [0.25, 0.3) is 11.0 Å². The van der Waals surface area contributed by atoms with Crippen molar-refractivity contribution in [3.8, 4) is 0 Å². The molecular formula is C19H20N4OS. The number of para-hydroxylation sites is 2. The highest BCUT2D eigenvalue weighted by Gasteiger charge is 2.18. The molecule has 5 nitrogen and oxygen atoms in total. The van der Waals surface area contributed by atoms with Crippen molar-refractivity contribution in [2.45, 2.75) is 44.6 Å². The van der Waals surface area contributed by atoms with Gasteiger partial charge in [0.1, 0.15) is 10.7 Å². The highest BCUT2D eigenvalue weighted by Crippen LogP contribution is 2.32. The van der Waals surface area contributed by atoms with Crippen molar-refractivity contribution in [3.63, 3.8) is 0 Å². The van der Waals surface area contributed by atoms with Crippen LogP contribution < -0.4 is 5.32 Å². The minimum Gasteiger partial charge on any atom is -0.344 e. The second kappa shape index (κ2) is 7.27. The van der Waals surface area contributed by atoms with Gasteiger partial charge in [-0.3, -0.25) is 9.78 Å². The first-order valence-corrected chi connectivity index (χ1v) is 9.62. The van der Waals surface area contributed by atoms with Gasteiger partial charge in [0.25, 0.3) is 5.91 Å². The third-order valence-electron chi connectivity index (χ3n) is 4.67. The van der Waals surface area contributed by atoms with Crippen molar-refractivity contribution < 1.29 is 4.79 Å². The summed E-state index contributed by atoms with van der Waals surface area (Å²) in [6.07, 6.45) is 7.94. The summed E-state index contributed by atoms with van der Waals surface area (Å²) in [5, 5.41) is 6.00. The van der Waals surface area contributed by atoms with Crippen molar-refractivity contribution in [1.29, 1.82) is 0 Å². The second-order valence-corrected chi connectivity index (χ2v) is 7.37. The lowest BCUT2D eigenvalue weighted by atomic mass is 9.87. The number of nitrogens with zero attached hydrogens (tertiary/aromatic N) is 3. The van der Waals surface area contributed by atoms with Crippen molar-refractivity contribution in [1.82, 2.24) is 20.3 Å². The Balaban J connectivity index is 1.40. The van der Waals surface area contributed by atoms with Crippen LogP contribution >= 0.6 is 11.3 Å². The van der Waals surface area contributed by atoms with Gasteiger partial charge in [-0.15, -0.1) is 11.3 Å². The SMILES string of the molecule is O=C(NCc1nc(C2CCCCC2)cs1)c1cnc2ccccc2n1. The largest absolute Gasteiger partial charge is 0.344 e. The van der Waals surface area contributed by atoms with Gasteiger partial charge in [-0.1, -0.05) is 31.4 Å². The van der Waals surface area contributed by atoms with Crippen molar-refractivity contribution in [2.24, 2.45) is 0 Å². The van der Waals surface area contributed by atoms with E-state index in [1.54, 1.807) is 11.3 Å². The fraction of sp³-hybridized carbons (Fsp3) is 0.368. The minimum atomic E-state index is -0.215. The fourth-order valence-corrected chi connectivity index (χ4v) is 4.12. The molecular weight excluding hydrogens is 332 g/mol. The number of rotatable bonds is 4. The summed E-state index contributed by atoms with van der Waals surface area (Å²) in [5.41, 5.74) is 3.04. The highest BCUT2D eigenvalue weighted by atomic mass is 32.1. The van der Waals surface area contributed by atoms with E-state index in [0.717, 1.165) is 16.0 Å². The van der Waals surface area contributed by atoms with E-state index in [1.165, 1.54) is 44.0 Å². The summed E-state index contributed by atoms with van der Waals surface area (Å²) in [6, 6.07) is 7.53. The molecule has 1 saturated carbocycles. The molecule has 0 saturated heterocycles. The van der Waals surface area contributed by atoms with Gasteiger partial charge in [-0.05, 0) is 25.0 Å². The van der Waals surface area contributed by atoms with Gasteiger partial charge in [0.05, 0.1) is 29.5 Å². The zero-order chi connectivity index (χ0) is 17.1. The van der Waals surface area contributed by atoms with E-state index in [1.807, 2.05) is 24.3 Å². The maximum atomic E-state index is 12.3. The van der Waals surface area contributed by atoms with Crippen LogP contribution in [0.3, 0.4) is 0 Å². The van der Waals surface area contributed by atoms with Crippen LogP contribution in [0, 0.1) is 0 Å². The smallest absolute Gasteiger partial charge is 0.271 e. The Hall–Kier alpha value is -2.34. The van der Waals surface area contributed by atoms with Crippen LogP contribution in [0.2, 0.25) is 0 Å². The highest BCUT2D eigenvalue weighted by molar-refractivity contribution is 7.09. The van der Waals surface area contributed by atoms with Gasteiger partial charge in [-0.2, -0.15) is 0 Å². The van der Waals surface area contributed by atoms with E-state index in [0.29, 0.717) is 18.2 Å². The number of aromatic nitrogens is 3. The molecule has 6 heteroatoms. The zero-order valence-electron chi connectivity index (χ0n) is 13.9. The van der Waals surface area contributed by atoms with Crippen molar-refractivity contribution >= 4 is 28.3 Å². The van der Waals surface area contributed by atoms with Crippen LogP contribution in [0.15, 0.2) is 35.8 Å². The van der Waals surface area contributed by atoms with Crippen LogP contribution in [0.4, 0.5) is 0 Å². The Morgan fingerprint density at radius 1 is 1.12 bits per heavy atom. The Labute approximate surface area is 150 Å². The number of thiazole rings is 1. The summed E-state index contributed by atoms with van der Waals surface area (Å²) in [5.74, 6) is 0.383. The topological polar surface area (TPSA) is 67.8 Å². The van der Waals surface area contributed by atoms with E-state index < -0.39 is 0 Å². The molecule has 128 valence electrons. The first-order chi connectivity index (χ1) is 12.3. The molecule has 0 radical (unpaired) electrons. The summed E-state index contributed by atoms with van der Waals surface area (Å²) in [7, 11) is 0. The Morgan fingerprint density at radius 2 is 1.92 bits per heavy atom. The molecule has 1 fully saturated rings. The van der Waals surface area contributed by atoms with Gasteiger partial charge in [0, 0.05) is 11.3 Å². The lowest BCUT2D eigenvalue weighted by Gasteiger charge is -2.19. The normalized spacial score (nSPS) is 15.4. The molecule has 0 bridgehead atoms. The summed E-state index contributed by atoms with van der Waals surface area (Å²) in [6.45, 7) is 0.435. The molecule has 2 heterocycles. The van der Waals surface area contributed by atoms with Gasteiger partial charge in [0.15, 0.2) is 0 Å².